The zero-order valence-corrected chi connectivity index (χ0v) is 13.6. The summed E-state index contributed by atoms with van der Waals surface area (Å²) in [4.78, 5) is 12.4. The largest absolute Gasteiger partial charge is 0.493 e. The Kier molecular flexibility index (Phi) is 4.60. The molecule has 0 saturated heterocycles. The molecule has 0 amide bonds. The Labute approximate surface area is 134 Å². The van der Waals surface area contributed by atoms with Crippen molar-refractivity contribution in [1.29, 1.82) is 5.26 Å². The summed E-state index contributed by atoms with van der Waals surface area (Å²) in [5.74, 6) is -0.331. The molecule has 1 heterocycles. The minimum absolute atomic E-state index is 0.0426. The average Bonchev–Trinajstić information content (AvgIpc) is 2.50. The third-order valence-corrected chi connectivity index (χ3v) is 3.70. The monoisotopic (exact) mass is 310 g/mol. The molecule has 0 bridgehead atoms. The summed E-state index contributed by atoms with van der Waals surface area (Å²) in [5, 5.41) is 27.4. The van der Waals surface area contributed by atoms with E-state index in [1.807, 2.05) is 38.1 Å². The highest BCUT2D eigenvalue weighted by Crippen LogP contribution is 2.27. The van der Waals surface area contributed by atoms with Gasteiger partial charge in [-0.05, 0) is 39.3 Å². The van der Waals surface area contributed by atoms with Crippen molar-refractivity contribution in [3.05, 3.63) is 50.8 Å². The molecule has 1 aromatic carbocycles. The highest BCUT2D eigenvalue weighted by Gasteiger charge is 2.18. The van der Waals surface area contributed by atoms with E-state index in [-0.39, 0.29) is 23.7 Å². The molecule has 0 atom stereocenters. The molecule has 118 valence electrons. The topological polar surface area (TPSA) is 90.7 Å². The molecule has 0 aliphatic heterocycles. The van der Waals surface area contributed by atoms with Crippen molar-refractivity contribution in [3.63, 3.8) is 0 Å². The number of aryl methyl sites for hydroxylation is 2. The summed E-state index contributed by atoms with van der Waals surface area (Å²) >= 11 is 0. The zero-order chi connectivity index (χ0) is 17.1. The fourth-order valence-corrected chi connectivity index (χ4v) is 2.37. The quantitative estimate of drug-likeness (QED) is 0.874. The third-order valence-electron chi connectivity index (χ3n) is 3.70. The first kappa shape index (κ1) is 16.4. The van der Waals surface area contributed by atoms with E-state index in [0.717, 1.165) is 15.7 Å². The Morgan fingerprint density at radius 2 is 1.96 bits per heavy atom. The molecule has 2 aromatic rings. The van der Waals surface area contributed by atoms with Crippen LogP contribution in [0, 0.1) is 32.1 Å². The van der Waals surface area contributed by atoms with Crippen LogP contribution in [0.15, 0.2) is 33.2 Å². The maximum absolute atomic E-state index is 12.4. The van der Waals surface area contributed by atoms with Gasteiger partial charge >= 0.3 is 0 Å². The normalized spacial score (nSPS) is 10.9. The van der Waals surface area contributed by atoms with Gasteiger partial charge in [0.2, 0.25) is 5.88 Å². The highest BCUT2D eigenvalue weighted by atomic mass is 16.3. The minimum Gasteiger partial charge on any atom is -0.493 e. The van der Waals surface area contributed by atoms with Crippen molar-refractivity contribution in [3.8, 4) is 11.9 Å². The van der Waals surface area contributed by atoms with Gasteiger partial charge in [0.1, 0.15) is 11.6 Å². The number of nitriles is 1. The van der Waals surface area contributed by atoms with E-state index in [2.05, 4.69) is 10.2 Å². The van der Waals surface area contributed by atoms with Gasteiger partial charge in [0.05, 0.1) is 5.69 Å². The van der Waals surface area contributed by atoms with Crippen molar-refractivity contribution in [1.82, 2.24) is 4.57 Å². The maximum Gasteiger partial charge on any atom is 0.281 e. The molecule has 0 aliphatic carbocycles. The van der Waals surface area contributed by atoms with Gasteiger partial charge in [-0.3, -0.25) is 9.36 Å². The number of hydrogen-bond acceptors (Lipinski definition) is 5. The fraction of sp³-hybridized carbons (Fsp3) is 0.294. The Morgan fingerprint density at radius 1 is 1.26 bits per heavy atom. The molecular weight excluding hydrogens is 292 g/mol. The van der Waals surface area contributed by atoms with Gasteiger partial charge < -0.3 is 5.11 Å². The summed E-state index contributed by atoms with van der Waals surface area (Å²) in [6.07, 6.45) is 0. The van der Waals surface area contributed by atoms with E-state index in [1.165, 1.54) is 0 Å². The molecule has 23 heavy (non-hydrogen) atoms. The molecule has 2 rings (SSSR count). The maximum atomic E-state index is 12.4. The third kappa shape index (κ3) is 2.99. The first-order valence-corrected chi connectivity index (χ1v) is 7.26. The lowest BCUT2D eigenvalue weighted by Gasteiger charge is -2.10. The van der Waals surface area contributed by atoms with E-state index in [1.54, 1.807) is 13.8 Å². The summed E-state index contributed by atoms with van der Waals surface area (Å²) in [6, 6.07) is 7.63. The van der Waals surface area contributed by atoms with Crippen LogP contribution in [0.1, 0.15) is 29.2 Å². The van der Waals surface area contributed by atoms with Crippen LogP contribution in [-0.4, -0.2) is 9.67 Å². The SMILES string of the molecule is CCn1c(O)c(C#N)c(C)c(N=Nc2ccc(C)cc2C)c1=O. The lowest BCUT2D eigenvalue weighted by molar-refractivity contribution is 0.409. The van der Waals surface area contributed by atoms with Crippen molar-refractivity contribution in [2.24, 2.45) is 10.2 Å². The van der Waals surface area contributed by atoms with Gasteiger partial charge in [-0.2, -0.15) is 10.4 Å². The van der Waals surface area contributed by atoms with E-state index >= 15 is 0 Å². The molecule has 0 aliphatic rings. The fourth-order valence-electron chi connectivity index (χ4n) is 2.37. The highest BCUT2D eigenvalue weighted by molar-refractivity contribution is 5.57. The van der Waals surface area contributed by atoms with Crippen LogP contribution in [0.5, 0.6) is 5.88 Å². The predicted octanol–water partition coefficient (Wildman–Crippen LogP) is 3.79. The Bertz CT molecular complexity index is 889. The number of hydrogen-bond donors (Lipinski definition) is 1. The van der Waals surface area contributed by atoms with Crippen LogP contribution >= 0.6 is 0 Å². The van der Waals surface area contributed by atoms with Gasteiger partial charge in [-0.1, -0.05) is 17.7 Å². The van der Waals surface area contributed by atoms with Gasteiger partial charge in [0, 0.05) is 12.1 Å². The number of benzene rings is 1. The lowest BCUT2D eigenvalue weighted by atomic mass is 10.1. The summed E-state index contributed by atoms with van der Waals surface area (Å²) in [5.41, 5.74) is 2.69. The van der Waals surface area contributed by atoms with Crippen molar-refractivity contribution < 1.29 is 5.11 Å². The van der Waals surface area contributed by atoms with Gasteiger partial charge in [-0.15, -0.1) is 5.11 Å². The molecule has 0 unspecified atom stereocenters. The van der Waals surface area contributed by atoms with Gasteiger partial charge in [-0.25, -0.2) is 0 Å². The molecular formula is C17H18N4O2. The van der Waals surface area contributed by atoms with Crippen LogP contribution in [0.25, 0.3) is 0 Å². The number of aromatic nitrogens is 1. The Morgan fingerprint density at radius 3 is 2.52 bits per heavy atom. The van der Waals surface area contributed by atoms with Crippen LogP contribution in [0.3, 0.4) is 0 Å². The minimum atomic E-state index is -0.463. The average molecular weight is 310 g/mol. The number of rotatable bonds is 3. The standard InChI is InChI=1S/C17H18N4O2/c1-5-21-16(22)13(9-18)12(4)15(17(21)23)20-19-14-7-6-10(2)8-11(14)3/h6-8,22H,5H2,1-4H3. The summed E-state index contributed by atoms with van der Waals surface area (Å²) in [6.45, 7) is 7.43. The number of pyridine rings is 1. The molecule has 0 spiro atoms. The van der Waals surface area contributed by atoms with Crippen LogP contribution in [0.2, 0.25) is 0 Å². The molecule has 0 fully saturated rings. The van der Waals surface area contributed by atoms with E-state index < -0.39 is 5.56 Å². The zero-order valence-electron chi connectivity index (χ0n) is 13.6. The van der Waals surface area contributed by atoms with Crippen LogP contribution in [0.4, 0.5) is 11.4 Å². The second kappa shape index (κ2) is 6.44. The second-order valence-electron chi connectivity index (χ2n) is 5.32. The molecule has 6 heteroatoms. The van der Waals surface area contributed by atoms with Crippen molar-refractivity contribution >= 4 is 11.4 Å². The first-order valence-electron chi connectivity index (χ1n) is 7.26. The predicted molar refractivity (Wildman–Crippen MR) is 87.6 cm³/mol. The first-order chi connectivity index (χ1) is 10.9. The van der Waals surface area contributed by atoms with Gasteiger partial charge in [0.15, 0.2) is 5.69 Å². The van der Waals surface area contributed by atoms with E-state index in [9.17, 15) is 15.2 Å². The molecule has 0 radical (unpaired) electrons. The lowest BCUT2D eigenvalue weighted by Crippen LogP contribution is -2.20. The van der Waals surface area contributed by atoms with Crippen LogP contribution < -0.4 is 5.56 Å². The Balaban J connectivity index is 2.62. The molecule has 1 aromatic heterocycles. The Hall–Kier alpha value is -2.94. The second-order valence-corrected chi connectivity index (χ2v) is 5.32. The smallest absolute Gasteiger partial charge is 0.281 e. The summed E-state index contributed by atoms with van der Waals surface area (Å²) in [7, 11) is 0. The van der Waals surface area contributed by atoms with Crippen LogP contribution in [-0.2, 0) is 6.54 Å². The van der Waals surface area contributed by atoms with E-state index in [4.69, 9.17) is 0 Å². The number of aromatic hydroxyl groups is 1. The van der Waals surface area contributed by atoms with Gasteiger partial charge in [0.25, 0.3) is 5.56 Å². The molecule has 1 N–H and O–H groups in total. The number of nitrogens with zero attached hydrogens (tertiary/aromatic N) is 4. The van der Waals surface area contributed by atoms with Crippen molar-refractivity contribution in [2.45, 2.75) is 34.2 Å². The molecule has 6 nitrogen and oxygen atoms in total. The van der Waals surface area contributed by atoms with Crippen molar-refractivity contribution in [2.75, 3.05) is 0 Å². The summed E-state index contributed by atoms with van der Waals surface area (Å²) < 4.78 is 1.11. The van der Waals surface area contributed by atoms with E-state index in [0.29, 0.717) is 11.3 Å². The molecule has 0 saturated carbocycles. The number of azo groups is 1.